The molecule has 0 heterocycles. The van der Waals surface area contributed by atoms with E-state index in [1.165, 1.54) is 0 Å². The van der Waals surface area contributed by atoms with Gasteiger partial charge in [-0.3, -0.25) is 0 Å². The number of aryl methyl sites for hydroxylation is 1. The number of benzene rings is 2. The van der Waals surface area contributed by atoms with E-state index in [9.17, 15) is 4.79 Å². The molecule has 0 atom stereocenters. The predicted octanol–water partition coefficient (Wildman–Crippen LogP) is 4.53. The van der Waals surface area contributed by atoms with Crippen molar-refractivity contribution in [2.45, 2.75) is 6.92 Å². The van der Waals surface area contributed by atoms with Gasteiger partial charge in [-0.2, -0.15) is 0 Å². The van der Waals surface area contributed by atoms with Crippen molar-refractivity contribution in [3.05, 3.63) is 52.0 Å². The smallest absolute Gasteiger partial charge is 0.323 e. The van der Waals surface area contributed by atoms with E-state index in [-0.39, 0.29) is 6.03 Å². The van der Waals surface area contributed by atoms with Crippen LogP contribution >= 0.6 is 23.2 Å². The van der Waals surface area contributed by atoms with Gasteiger partial charge in [-0.25, -0.2) is 4.79 Å². The van der Waals surface area contributed by atoms with E-state index < -0.39 is 0 Å². The average molecular weight is 310 g/mol. The van der Waals surface area contributed by atoms with E-state index in [4.69, 9.17) is 28.9 Å². The van der Waals surface area contributed by atoms with E-state index in [0.717, 1.165) is 5.56 Å². The number of carbonyl (C=O) groups is 1. The normalized spacial score (nSPS) is 10.2. The van der Waals surface area contributed by atoms with Crippen LogP contribution in [0.15, 0.2) is 36.4 Å². The fraction of sp³-hybridized carbons (Fsp3) is 0.0714. The van der Waals surface area contributed by atoms with Crippen LogP contribution in [0.4, 0.5) is 21.9 Å². The van der Waals surface area contributed by atoms with Gasteiger partial charge in [0.25, 0.3) is 0 Å². The molecule has 0 spiro atoms. The van der Waals surface area contributed by atoms with Crippen molar-refractivity contribution >= 4 is 46.3 Å². The van der Waals surface area contributed by atoms with Crippen LogP contribution in [0.25, 0.3) is 0 Å². The topological polar surface area (TPSA) is 67.2 Å². The molecule has 4 N–H and O–H groups in total. The Kier molecular flexibility index (Phi) is 4.37. The van der Waals surface area contributed by atoms with Crippen LogP contribution in [0, 0.1) is 6.92 Å². The van der Waals surface area contributed by atoms with Gasteiger partial charge in [0.05, 0.1) is 10.7 Å². The van der Waals surface area contributed by atoms with Crippen LogP contribution in [-0.4, -0.2) is 6.03 Å². The zero-order valence-electron chi connectivity index (χ0n) is 10.7. The molecule has 0 aliphatic rings. The number of nitrogens with one attached hydrogen (secondary N) is 2. The molecule has 2 aromatic rings. The van der Waals surface area contributed by atoms with E-state index >= 15 is 0 Å². The molecular weight excluding hydrogens is 297 g/mol. The first-order chi connectivity index (χ1) is 9.45. The van der Waals surface area contributed by atoms with Gasteiger partial charge in [-0.1, -0.05) is 29.3 Å². The number of carbonyl (C=O) groups excluding carboxylic acids is 1. The maximum absolute atomic E-state index is 11.8. The highest BCUT2D eigenvalue weighted by atomic mass is 35.5. The third kappa shape index (κ3) is 3.56. The predicted molar refractivity (Wildman–Crippen MR) is 84.7 cm³/mol. The van der Waals surface area contributed by atoms with Crippen LogP contribution in [0.3, 0.4) is 0 Å². The van der Waals surface area contributed by atoms with Gasteiger partial charge in [0.15, 0.2) is 0 Å². The molecular formula is C14H13Cl2N3O. The fourth-order valence-corrected chi connectivity index (χ4v) is 1.88. The Morgan fingerprint density at radius 1 is 1.00 bits per heavy atom. The summed E-state index contributed by atoms with van der Waals surface area (Å²) in [7, 11) is 0. The van der Waals surface area contributed by atoms with Crippen LogP contribution in [0.5, 0.6) is 0 Å². The van der Waals surface area contributed by atoms with Gasteiger partial charge in [-0.05, 0) is 42.8 Å². The first-order valence-electron chi connectivity index (χ1n) is 5.85. The molecule has 4 nitrogen and oxygen atoms in total. The number of hydrogen-bond donors (Lipinski definition) is 3. The number of rotatable bonds is 2. The molecule has 0 bridgehead atoms. The summed E-state index contributed by atoms with van der Waals surface area (Å²) in [6.45, 7) is 1.89. The molecule has 0 aliphatic carbocycles. The second-order valence-electron chi connectivity index (χ2n) is 4.28. The first-order valence-corrected chi connectivity index (χ1v) is 6.60. The summed E-state index contributed by atoms with van der Waals surface area (Å²) < 4.78 is 0. The molecule has 2 rings (SSSR count). The second-order valence-corrected chi connectivity index (χ2v) is 5.09. The molecule has 104 valence electrons. The summed E-state index contributed by atoms with van der Waals surface area (Å²) >= 11 is 11.8. The lowest BCUT2D eigenvalue weighted by molar-refractivity contribution is 0.262. The van der Waals surface area contributed by atoms with Crippen LogP contribution in [0.1, 0.15) is 5.56 Å². The number of nitrogens with two attached hydrogens (primary N) is 1. The summed E-state index contributed by atoms with van der Waals surface area (Å²) in [6, 6.07) is 9.79. The Hall–Kier alpha value is -1.91. The summed E-state index contributed by atoms with van der Waals surface area (Å²) in [4.78, 5) is 11.8. The maximum atomic E-state index is 11.8. The molecule has 0 saturated carbocycles. The van der Waals surface area contributed by atoms with Gasteiger partial charge in [0.1, 0.15) is 0 Å². The number of amides is 2. The van der Waals surface area contributed by atoms with Crippen LogP contribution in [0.2, 0.25) is 10.0 Å². The highest BCUT2D eigenvalue weighted by Gasteiger charge is 2.05. The zero-order chi connectivity index (χ0) is 14.7. The van der Waals surface area contributed by atoms with Gasteiger partial charge < -0.3 is 16.4 Å². The Balaban J connectivity index is 2.04. The van der Waals surface area contributed by atoms with E-state index in [1.54, 1.807) is 30.3 Å². The Bertz CT molecular complexity index is 603. The van der Waals surface area contributed by atoms with Crippen molar-refractivity contribution in [3.63, 3.8) is 0 Å². The van der Waals surface area contributed by atoms with E-state index in [2.05, 4.69) is 10.6 Å². The number of hydrogen-bond acceptors (Lipinski definition) is 2. The number of nitrogen functional groups attached to an aromatic ring is 1. The Labute approximate surface area is 126 Å². The van der Waals surface area contributed by atoms with Crippen molar-refractivity contribution in [1.29, 1.82) is 0 Å². The fourth-order valence-electron chi connectivity index (χ4n) is 1.59. The molecule has 2 aromatic carbocycles. The van der Waals surface area contributed by atoms with Crippen molar-refractivity contribution in [3.8, 4) is 0 Å². The minimum atomic E-state index is -0.383. The highest BCUT2D eigenvalue weighted by molar-refractivity contribution is 6.33. The SMILES string of the molecule is Cc1ccc(NC(=O)Nc2ccc(Cl)c(N)c2)cc1Cl. The van der Waals surface area contributed by atoms with Gasteiger partial charge in [0, 0.05) is 16.4 Å². The zero-order valence-corrected chi connectivity index (χ0v) is 12.2. The number of anilines is 3. The molecule has 0 aromatic heterocycles. The van der Waals surface area contributed by atoms with Crippen molar-refractivity contribution in [2.75, 3.05) is 16.4 Å². The van der Waals surface area contributed by atoms with Crippen LogP contribution < -0.4 is 16.4 Å². The summed E-state index contributed by atoms with van der Waals surface area (Å²) in [5.74, 6) is 0. The molecule has 0 unspecified atom stereocenters. The largest absolute Gasteiger partial charge is 0.397 e. The van der Waals surface area contributed by atoms with E-state index in [0.29, 0.717) is 27.1 Å². The van der Waals surface area contributed by atoms with Gasteiger partial charge in [-0.15, -0.1) is 0 Å². The molecule has 0 fully saturated rings. The Morgan fingerprint density at radius 2 is 1.60 bits per heavy atom. The molecule has 2 amide bonds. The Morgan fingerprint density at radius 3 is 2.20 bits per heavy atom. The monoisotopic (exact) mass is 309 g/mol. The molecule has 0 saturated heterocycles. The summed E-state index contributed by atoms with van der Waals surface area (Å²) in [5, 5.41) is 6.39. The quantitative estimate of drug-likeness (QED) is 0.713. The average Bonchev–Trinajstić information content (AvgIpc) is 2.38. The van der Waals surface area contributed by atoms with E-state index in [1.807, 2.05) is 13.0 Å². The minimum absolute atomic E-state index is 0.383. The highest BCUT2D eigenvalue weighted by Crippen LogP contribution is 2.23. The number of halogens is 2. The minimum Gasteiger partial charge on any atom is -0.397 e. The second kappa shape index (κ2) is 6.03. The van der Waals surface area contributed by atoms with Crippen molar-refractivity contribution < 1.29 is 4.79 Å². The molecule has 6 heteroatoms. The van der Waals surface area contributed by atoms with Crippen LogP contribution in [-0.2, 0) is 0 Å². The lowest BCUT2D eigenvalue weighted by Gasteiger charge is -2.09. The third-order valence-electron chi connectivity index (χ3n) is 2.68. The van der Waals surface area contributed by atoms with Gasteiger partial charge in [0.2, 0.25) is 0 Å². The van der Waals surface area contributed by atoms with Crippen molar-refractivity contribution in [1.82, 2.24) is 0 Å². The lowest BCUT2D eigenvalue weighted by atomic mass is 10.2. The maximum Gasteiger partial charge on any atom is 0.323 e. The van der Waals surface area contributed by atoms with Crippen molar-refractivity contribution in [2.24, 2.45) is 0 Å². The molecule has 0 radical (unpaired) electrons. The summed E-state index contributed by atoms with van der Waals surface area (Å²) in [5.41, 5.74) is 8.19. The molecule has 20 heavy (non-hydrogen) atoms. The summed E-state index contributed by atoms with van der Waals surface area (Å²) in [6.07, 6.45) is 0. The molecule has 0 aliphatic heterocycles. The third-order valence-corrected chi connectivity index (χ3v) is 3.43. The standard InChI is InChI=1S/C14H13Cl2N3O/c1-8-2-3-9(6-12(8)16)18-14(20)19-10-4-5-11(15)13(17)7-10/h2-7H,17H2,1H3,(H2,18,19,20). The van der Waals surface area contributed by atoms with Gasteiger partial charge >= 0.3 is 6.03 Å². The number of urea groups is 1. The first kappa shape index (κ1) is 14.5. The lowest BCUT2D eigenvalue weighted by Crippen LogP contribution is -2.19.